The summed E-state index contributed by atoms with van der Waals surface area (Å²) in [4.78, 5) is 14.8. The maximum Gasteiger partial charge on any atom is 0.258 e. The van der Waals surface area contributed by atoms with Crippen LogP contribution in [-0.2, 0) is 25.8 Å². The van der Waals surface area contributed by atoms with Gasteiger partial charge in [-0.05, 0) is 35.7 Å². The predicted molar refractivity (Wildman–Crippen MR) is 113 cm³/mol. The number of rotatable bonds is 3. The number of nitrogens with one attached hydrogen (secondary N) is 1. The van der Waals surface area contributed by atoms with Crippen LogP contribution in [0.1, 0.15) is 12.0 Å². The third-order valence-corrected chi connectivity index (χ3v) is 6.67. The highest BCUT2D eigenvalue weighted by Gasteiger charge is 2.40. The fourth-order valence-corrected chi connectivity index (χ4v) is 5.35. The molecule has 2 atom stereocenters. The van der Waals surface area contributed by atoms with Gasteiger partial charge in [0.25, 0.3) is 5.91 Å². The van der Waals surface area contributed by atoms with Gasteiger partial charge in [0, 0.05) is 25.8 Å². The van der Waals surface area contributed by atoms with Crippen molar-refractivity contribution in [1.82, 2.24) is 5.32 Å². The zero-order chi connectivity index (χ0) is 21.3. The number of anilines is 1. The molecule has 2 aromatic carbocycles. The van der Waals surface area contributed by atoms with Crippen LogP contribution in [0.4, 0.5) is 5.69 Å². The summed E-state index contributed by atoms with van der Waals surface area (Å²) in [5.74, 6) is -0.390. The molecule has 4 rings (SSSR count). The second-order valence-corrected chi connectivity index (χ2v) is 9.51. The molecule has 2 aromatic rings. The number of fused-ring (bicyclic) bond motifs is 2. The van der Waals surface area contributed by atoms with Crippen LogP contribution in [0, 0.1) is 11.3 Å². The average molecular weight is 426 g/mol. The Labute approximate surface area is 176 Å². The molecule has 30 heavy (non-hydrogen) atoms. The quantitative estimate of drug-likeness (QED) is 0.807. The van der Waals surface area contributed by atoms with E-state index in [1.807, 2.05) is 36.4 Å². The van der Waals surface area contributed by atoms with Crippen LogP contribution in [0.5, 0.6) is 0 Å². The summed E-state index contributed by atoms with van der Waals surface area (Å²) in [5, 5.41) is 13.0. The minimum absolute atomic E-state index is 0.116. The van der Waals surface area contributed by atoms with Crippen molar-refractivity contribution in [3.05, 3.63) is 48.0 Å². The number of carbonyl (C=O) groups excluding carboxylic acids is 1. The van der Waals surface area contributed by atoms with Gasteiger partial charge in [0.1, 0.15) is 12.1 Å². The first kappa shape index (κ1) is 20.5. The second-order valence-electron chi connectivity index (χ2n) is 7.55. The Morgan fingerprint density at radius 1 is 1.23 bits per heavy atom. The zero-order valence-corrected chi connectivity index (χ0v) is 17.5. The van der Waals surface area contributed by atoms with Gasteiger partial charge < -0.3 is 10.1 Å². The topological polar surface area (TPSA) is 99.5 Å². The number of carbonyl (C=O) groups is 1. The molecule has 1 N–H and O–H groups in total. The van der Waals surface area contributed by atoms with Crippen LogP contribution in [-0.4, -0.2) is 52.4 Å². The molecule has 0 aliphatic carbocycles. The average Bonchev–Trinajstić information content (AvgIpc) is 3.02. The first-order chi connectivity index (χ1) is 14.4. The fourth-order valence-electron chi connectivity index (χ4n) is 4.17. The Hall–Kier alpha value is -2.73. The highest BCUT2D eigenvalue weighted by Crippen LogP contribution is 2.42. The first-order valence-corrected chi connectivity index (χ1v) is 11.8. The molecule has 8 heteroatoms. The molecule has 0 radical (unpaired) electrons. The Balaban J connectivity index is 1.87. The lowest BCUT2D eigenvalue weighted by Crippen LogP contribution is -2.51. The minimum Gasteiger partial charge on any atom is -0.367 e. The van der Waals surface area contributed by atoms with Crippen LogP contribution in [0.3, 0.4) is 0 Å². The van der Waals surface area contributed by atoms with Gasteiger partial charge in [0.15, 0.2) is 9.84 Å². The number of hydrogen-bond donors (Lipinski definition) is 1. The van der Waals surface area contributed by atoms with Gasteiger partial charge in [-0.3, -0.25) is 9.69 Å². The van der Waals surface area contributed by atoms with E-state index >= 15 is 0 Å². The number of nitrogens with zero attached hydrogens (tertiary/aromatic N) is 2. The highest BCUT2D eigenvalue weighted by atomic mass is 32.2. The van der Waals surface area contributed by atoms with E-state index in [1.54, 1.807) is 6.07 Å². The highest BCUT2D eigenvalue weighted by molar-refractivity contribution is 7.91. The molecule has 2 heterocycles. The van der Waals surface area contributed by atoms with Crippen molar-refractivity contribution < 1.29 is 17.9 Å². The molecular formula is C22H23N3O4S. The molecule has 2 aliphatic rings. The van der Waals surface area contributed by atoms with Crippen LogP contribution >= 0.6 is 0 Å². The van der Waals surface area contributed by atoms with E-state index in [9.17, 15) is 18.5 Å². The Bertz CT molecular complexity index is 1100. The van der Waals surface area contributed by atoms with E-state index in [0.717, 1.165) is 30.3 Å². The fraction of sp³-hybridized carbons (Fsp3) is 0.364. The molecule has 0 saturated carbocycles. The van der Waals surface area contributed by atoms with Crippen molar-refractivity contribution in [2.75, 3.05) is 30.9 Å². The van der Waals surface area contributed by atoms with Crippen molar-refractivity contribution in [3.63, 3.8) is 0 Å². The van der Waals surface area contributed by atoms with E-state index < -0.39 is 22.0 Å². The van der Waals surface area contributed by atoms with Crippen molar-refractivity contribution >= 4 is 21.4 Å². The summed E-state index contributed by atoms with van der Waals surface area (Å²) in [6.07, 6.45) is 1.31. The van der Waals surface area contributed by atoms with Gasteiger partial charge in [0.05, 0.1) is 16.7 Å². The summed E-state index contributed by atoms with van der Waals surface area (Å²) in [6, 6.07) is 14.3. The molecule has 1 amide bonds. The summed E-state index contributed by atoms with van der Waals surface area (Å²) in [7, 11) is -3.65. The molecule has 0 spiro atoms. The van der Waals surface area contributed by atoms with Crippen LogP contribution in [0.15, 0.2) is 47.4 Å². The second kappa shape index (κ2) is 8.19. The van der Waals surface area contributed by atoms with Gasteiger partial charge in [0.2, 0.25) is 0 Å². The van der Waals surface area contributed by atoms with Gasteiger partial charge in [-0.2, -0.15) is 5.26 Å². The lowest BCUT2D eigenvalue weighted by atomic mass is 9.90. The van der Waals surface area contributed by atoms with Crippen LogP contribution < -0.4 is 10.2 Å². The monoisotopic (exact) mass is 425 g/mol. The maximum absolute atomic E-state index is 13.3. The van der Waals surface area contributed by atoms with E-state index in [1.165, 1.54) is 4.90 Å². The van der Waals surface area contributed by atoms with Crippen LogP contribution in [0.2, 0.25) is 0 Å². The molecule has 1 fully saturated rings. The number of sulfone groups is 1. The molecule has 1 saturated heterocycles. The van der Waals surface area contributed by atoms with Crippen molar-refractivity contribution in [1.29, 1.82) is 5.26 Å². The molecule has 156 valence electrons. The van der Waals surface area contributed by atoms with Gasteiger partial charge in [-0.25, -0.2) is 8.42 Å². The van der Waals surface area contributed by atoms with E-state index in [4.69, 9.17) is 4.74 Å². The van der Waals surface area contributed by atoms with E-state index in [2.05, 4.69) is 11.4 Å². The Morgan fingerprint density at radius 3 is 2.70 bits per heavy atom. The Morgan fingerprint density at radius 2 is 2.00 bits per heavy atom. The molecule has 2 bridgehead atoms. The largest absolute Gasteiger partial charge is 0.367 e. The third-order valence-electron chi connectivity index (χ3n) is 5.47. The summed E-state index contributed by atoms with van der Waals surface area (Å²) >= 11 is 0. The van der Waals surface area contributed by atoms with Gasteiger partial charge >= 0.3 is 0 Å². The summed E-state index contributed by atoms with van der Waals surface area (Å²) in [5.41, 5.74) is 2.47. The van der Waals surface area contributed by atoms with Crippen molar-refractivity contribution in [2.24, 2.45) is 0 Å². The summed E-state index contributed by atoms with van der Waals surface area (Å²) in [6.45, 7) is 1.51. The van der Waals surface area contributed by atoms with Crippen LogP contribution in [0.25, 0.3) is 11.1 Å². The Kier molecular flexibility index (Phi) is 5.60. The smallest absolute Gasteiger partial charge is 0.258 e. The minimum atomic E-state index is -3.65. The van der Waals surface area contributed by atoms with E-state index in [0.29, 0.717) is 18.7 Å². The number of nitriles is 1. The van der Waals surface area contributed by atoms with Gasteiger partial charge in [-0.15, -0.1) is 0 Å². The number of hydrogen-bond acceptors (Lipinski definition) is 6. The SMILES string of the molecule is CS(=O)(=O)c1c2ccc(-c3ccccc3)c1C[C@@H](C#N)N2C(=O)[C@@H]1CNCCCO1. The maximum atomic E-state index is 13.3. The number of ether oxygens (including phenoxy) is 1. The molecular weight excluding hydrogens is 402 g/mol. The molecule has 0 aromatic heterocycles. The van der Waals surface area contributed by atoms with Crippen molar-refractivity contribution in [2.45, 2.75) is 29.9 Å². The van der Waals surface area contributed by atoms with Crippen molar-refractivity contribution in [3.8, 4) is 17.2 Å². The first-order valence-electron chi connectivity index (χ1n) is 9.88. The predicted octanol–water partition coefficient (Wildman–Crippen LogP) is 1.92. The lowest BCUT2D eigenvalue weighted by molar-refractivity contribution is -0.129. The van der Waals surface area contributed by atoms with Gasteiger partial charge in [-0.1, -0.05) is 36.4 Å². The number of amides is 1. The standard InChI is InChI=1S/C22H23N3O4S/c1-30(27,28)21-18-12-16(13-23)25(22(26)20-14-24-10-5-11-29-20)19(21)9-8-17(18)15-6-3-2-4-7-15/h2-4,6-9,16,20,24H,5,10-12,14H2,1H3/t16-,20-/m0/s1. The summed E-state index contributed by atoms with van der Waals surface area (Å²) < 4.78 is 31.3. The number of benzene rings is 2. The third kappa shape index (κ3) is 3.72. The molecule has 0 unspecified atom stereocenters. The lowest BCUT2D eigenvalue weighted by Gasteiger charge is -2.37. The van der Waals surface area contributed by atoms with E-state index in [-0.39, 0.29) is 22.9 Å². The molecule has 2 aliphatic heterocycles. The normalized spacial score (nSPS) is 21.5. The molecule has 7 nitrogen and oxygen atoms in total. The zero-order valence-electron chi connectivity index (χ0n) is 16.7.